The van der Waals surface area contributed by atoms with E-state index in [4.69, 9.17) is 0 Å². The molecule has 0 aliphatic carbocycles. The van der Waals surface area contributed by atoms with Crippen LogP contribution in [0, 0.1) is 5.92 Å². The van der Waals surface area contributed by atoms with Crippen molar-refractivity contribution in [3.05, 3.63) is 12.2 Å². The van der Waals surface area contributed by atoms with E-state index in [2.05, 4.69) is 55.3 Å². The Hall–Kier alpha value is 0.430. The largest absolute Gasteiger partial charge is 0.306 e. The van der Waals surface area contributed by atoms with Crippen LogP contribution in [0.15, 0.2) is 12.2 Å². The molecule has 0 aliphatic rings. The van der Waals surface area contributed by atoms with E-state index in [9.17, 15) is 0 Å². The summed E-state index contributed by atoms with van der Waals surface area (Å²) in [5, 5.41) is 3.43. The van der Waals surface area contributed by atoms with Gasteiger partial charge in [0.2, 0.25) is 0 Å². The summed E-state index contributed by atoms with van der Waals surface area (Å²) in [6.45, 7) is 10.6. The molecule has 0 amide bonds. The van der Waals surface area contributed by atoms with Crippen molar-refractivity contribution < 1.29 is 0 Å². The van der Waals surface area contributed by atoms with Crippen LogP contribution in [0.1, 0.15) is 40.0 Å². The summed E-state index contributed by atoms with van der Waals surface area (Å²) in [5.74, 6) is 0.808. The molecule has 78 valence electrons. The zero-order valence-corrected chi connectivity index (χ0v) is 11.2. The molecule has 0 saturated heterocycles. The fraction of sp³-hybridized carbons (Fsp3) is 0.818. The maximum atomic E-state index is 3.93. The average Bonchev–Trinajstić information content (AvgIpc) is 2.01. The van der Waals surface area contributed by atoms with Crippen molar-refractivity contribution in [3.63, 3.8) is 0 Å². The summed E-state index contributed by atoms with van der Waals surface area (Å²) in [6.07, 6.45) is 3.73. The summed E-state index contributed by atoms with van der Waals surface area (Å²) in [7, 11) is 0. The first-order chi connectivity index (χ1) is 6.06. The van der Waals surface area contributed by atoms with Gasteiger partial charge in [-0.1, -0.05) is 35.1 Å². The van der Waals surface area contributed by atoms with E-state index in [1.165, 1.54) is 24.8 Å². The molecule has 0 radical (unpaired) electrons. The van der Waals surface area contributed by atoms with E-state index < -0.39 is 0 Å². The summed E-state index contributed by atoms with van der Waals surface area (Å²) < 4.78 is 1.05. The summed E-state index contributed by atoms with van der Waals surface area (Å²) >= 11 is 2.36. The van der Waals surface area contributed by atoms with Crippen LogP contribution in [0.25, 0.3) is 0 Å². The highest BCUT2D eigenvalue weighted by molar-refractivity contribution is 14.1. The maximum absolute atomic E-state index is 3.93. The van der Waals surface area contributed by atoms with Crippen molar-refractivity contribution in [3.8, 4) is 0 Å². The molecule has 0 fully saturated rings. The molecule has 13 heavy (non-hydrogen) atoms. The van der Waals surface area contributed by atoms with E-state index >= 15 is 0 Å². The predicted octanol–water partition coefficient (Wildman–Crippen LogP) is 3.74. The third-order valence-corrected chi connectivity index (χ3v) is 2.69. The minimum atomic E-state index is 0.650. The fourth-order valence-electron chi connectivity index (χ4n) is 1.43. The molecular formula is C11H22IN. The van der Waals surface area contributed by atoms with Crippen molar-refractivity contribution in [1.82, 2.24) is 5.32 Å². The van der Waals surface area contributed by atoms with Crippen molar-refractivity contribution in [2.45, 2.75) is 46.1 Å². The van der Waals surface area contributed by atoms with E-state index in [1.54, 1.807) is 0 Å². The smallest absolute Gasteiger partial charge is 0.0481 e. The second kappa shape index (κ2) is 7.80. The normalized spacial score (nSPS) is 15.4. The summed E-state index contributed by atoms with van der Waals surface area (Å²) in [5.41, 5.74) is 1.31. The van der Waals surface area contributed by atoms with Gasteiger partial charge in [0.05, 0.1) is 0 Å². The number of allylic oxidation sites excluding steroid dienone is 1. The Balaban J connectivity index is 3.48. The van der Waals surface area contributed by atoms with Crippen LogP contribution < -0.4 is 5.32 Å². The summed E-state index contributed by atoms with van der Waals surface area (Å²) in [4.78, 5) is 0. The molecule has 0 aromatic rings. The number of hydrogen-bond donors (Lipinski definition) is 1. The average molecular weight is 295 g/mol. The Labute approximate surface area is 96.5 Å². The Morgan fingerprint density at radius 3 is 2.54 bits per heavy atom. The number of nitrogens with one attached hydrogen (secondary N) is 1. The molecule has 0 spiro atoms. The molecular weight excluding hydrogens is 273 g/mol. The van der Waals surface area contributed by atoms with Crippen LogP contribution >= 0.6 is 22.6 Å². The molecule has 1 nitrogen and oxygen atoms in total. The highest BCUT2D eigenvalue weighted by Crippen LogP contribution is 2.15. The predicted molar refractivity (Wildman–Crippen MR) is 69.3 cm³/mol. The second-order valence-corrected chi connectivity index (χ2v) is 4.84. The molecule has 0 heterocycles. The monoisotopic (exact) mass is 295 g/mol. The van der Waals surface area contributed by atoms with Crippen LogP contribution in [0.4, 0.5) is 0 Å². The van der Waals surface area contributed by atoms with Gasteiger partial charge in [-0.3, -0.25) is 0 Å². The van der Waals surface area contributed by atoms with Crippen LogP contribution in [-0.2, 0) is 0 Å². The minimum Gasteiger partial charge on any atom is -0.306 e. The lowest BCUT2D eigenvalue weighted by atomic mass is 9.96. The lowest BCUT2D eigenvalue weighted by Crippen LogP contribution is -2.26. The van der Waals surface area contributed by atoms with E-state index in [0.717, 1.165) is 10.5 Å². The molecule has 1 N–H and O–H groups in total. The maximum Gasteiger partial charge on any atom is 0.0481 e. The minimum absolute atomic E-state index is 0.650. The van der Waals surface area contributed by atoms with Gasteiger partial charge in [0.15, 0.2) is 0 Å². The van der Waals surface area contributed by atoms with E-state index in [-0.39, 0.29) is 0 Å². The molecule has 0 bridgehead atoms. The van der Waals surface area contributed by atoms with Gasteiger partial charge in [0, 0.05) is 10.6 Å². The van der Waals surface area contributed by atoms with Gasteiger partial charge < -0.3 is 5.32 Å². The lowest BCUT2D eigenvalue weighted by molar-refractivity contribution is 0.418. The molecule has 0 saturated carbocycles. The molecule has 0 unspecified atom stereocenters. The zero-order chi connectivity index (χ0) is 10.3. The van der Waals surface area contributed by atoms with Gasteiger partial charge >= 0.3 is 0 Å². The fourth-order valence-corrected chi connectivity index (χ4v) is 2.18. The van der Waals surface area contributed by atoms with E-state index in [0.29, 0.717) is 6.04 Å². The molecule has 0 rings (SSSR count). The van der Waals surface area contributed by atoms with Crippen molar-refractivity contribution in [2.24, 2.45) is 5.92 Å². The Morgan fingerprint density at radius 2 is 2.08 bits per heavy atom. The van der Waals surface area contributed by atoms with Gasteiger partial charge in [-0.25, -0.2) is 0 Å². The van der Waals surface area contributed by atoms with Gasteiger partial charge in [0.25, 0.3) is 0 Å². The number of halogens is 1. The zero-order valence-electron chi connectivity index (χ0n) is 9.07. The molecule has 0 aromatic heterocycles. The highest BCUT2D eigenvalue weighted by Gasteiger charge is 2.07. The van der Waals surface area contributed by atoms with E-state index in [1.807, 2.05) is 0 Å². The molecule has 0 aliphatic heterocycles. The molecule has 0 aromatic carbocycles. The van der Waals surface area contributed by atoms with Gasteiger partial charge in [-0.15, -0.1) is 6.58 Å². The van der Waals surface area contributed by atoms with Crippen LogP contribution in [0.2, 0.25) is 0 Å². The Bertz CT molecular complexity index is 145. The van der Waals surface area contributed by atoms with Gasteiger partial charge in [0.1, 0.15) is 0 Å². The lowest BCUT2D eigenvalue weighted by Gasteiger charge is -2.17. The second-order valence-electron chi connectivity index (χ2n) is 4.08. The van der Waals surface area contributed by atoms with Crippen LogP contribution in [0.5, 0.6) is 0 Å². The van der Waals surface area contributed by atoms with Crippen LogP contribution in [-0.4, -0.2) is 10.6 Å². The third-order valence-electron chi connectivity index (χ3n) is 2.25. The van der Waals surface area contributed by atoms with Crippen molar-refractivity contribution >= 4 is 22.6 Å². The first-order valence-corrected chi connectivity index (χ1v) is 6.52. The standard InChI is InChI=1S/C11H22IN/c1-9(2)5-6-10(3)7-11(4)13-8-12/h10-11,13H,1,5-8H2,2-4H3/t10-,11+/m1/s1. The van der Waals surface area contributed by atoms with Crippen molar-refractivity contribution in [2.75, 3.05) is 4.55 Å². The number of alkyl halides is 1. The van der Waals surface area contributed by atoms with Gasteiger partial charge in [-0.05, 0) is 39.0 Å². The first-order valence-electron chi connectivity index (χ1n) is 5.00. The highest BCUT2D eigenvalue weighted by atomic mass is 127. The third kappa shape index (κ3) is 8.75. The van der Waals surface area contributed by atoms with Crippen molar-refractivity contribution in [1.29, 1.82) is 0 Å². The Morgan fingerprint density at radius 1 is 1.46 bits per heavy atom. The quantitative estimate of drug-likeness (QED) is 0.326. The molecule has 2 heteroatoms. The molecule has 2 atom stereocenters. The number of hydrogen-bond acceptors (Lipinski definition) is 1. The summed E-state index contributed by atoms with van der Waals surface area (Å²) in [6, 6.07) is 0.650. The SMILES string of the molecule is C=C(C)CC[C@@H](C)C[C@H](C)NCI. The topological polar surface area (TPSA) is 12.0 Å². The first kappa shape index (κ1) is 13.4. The van der Waals surface area contributed by atoms with Gasteiger partial charge in [-0.2, -0.15) is 0 Å². The Kier molecular flexibility index (Phi) is 8.06. The van der Waals surface area contributed by atoms with Crippen LogP contribution in [0.3, 0.4) is 0 Å². The number of rotatable bonds is 7.